The molecule has 1 unspecified atom stereocenters. The highest BCUT2D eigenvalue weighted by atomic mass is 32.2. The molecule has 7 heteroatoms. The van der Waals surface area contributed by atoms with Crippen molar-refractivity contribution < 1.29 is 13.2 Å². The van der Waals surface area contributed by atoms with Crippen LogP contribution in [0.2, 0.25) is 0 Å². The Morgan fingerprint density at radius 2 is 2.14 bits per heavy atom. The maximum atomic E-state index is 12.7. The number of piperidine rings is 1. The van der Waals surface area contributed by atoms with Gasteiger partial charge in [-0.15, -0.1) is 11.3 Å². The molecule has 122 valence electrons. The van der Waals surface area contributed by atoms with E-state index >= 15 is 0 Å². The fourth-order valence-electron chi connectivity index (χ4n) is 2.76. The molecule has 2 fully saturated rings. The van der Waals surface area contributed by atoms with Crippen LogP contribution in [0, 0.1) is 12.8 Å². The molecule has 0 bridgehead atoms. The second kappa shape index (κ2) is 5.62. The summed E-state index contributed by atoms with van der Waals surface area (Å²) in [6, 6.07) is 3.48. The van der Waals surface area contributed by atoms with E-state index in [0.717, 1.165) is 30.6 Å². The third-order valence-corrected chi connectivity index (χ3v) is 7.82. The summed E-state index contributed by atoms with van der Waals surface area (Å²) >= 11 is 1.29. The molecular weight excluding hydrogens is 320 g/mol. The fourth-order valence-corrected chi connectivity index (χ4v) is 5.73. The van der Waals surface area contributed by atoms with Crippen LogP contribution in [-0.2, 0) is 14.8 Å². The van der Waals surface area contributed by atoms with E-state index in [0.29, 0.717) is 17.3 Å². The number of nitrogens with zero attached hydrogens (tertiary/aromatic N) is 1. The van der Waals surface area contributed by atoms with Crippen LogP contribution >= 0.6 is 11.3 Å². The van der Waals surface area contributed by atoms with Crippen molar-refractivity contribution in [2.24, 2.45) is 5.92 Å². The summed E-state index contributed by atoms with van der Waals surface area (Å²) in [5.74, 6) is -0.232. The van der Waals surface area contributed by atoms with Crippen molar-refractivity contribution in [1.82, 2.24) is 9.62 Å². The quantitative estimate of drug-likeness (QED) is 0.911. The number of aryl methyl sites for hydroxylation is 1. The standard InChI is InChI=1S/C15H22N2O3S2/c1-11-5-6-13(21-11)22(19,20)17-9-3-4-12(10-17)14(18)16-15(2)7-8-15/h5-6,12H,3-4,7-10H2,1-2H3,(H,16,18). The first-order chi connectivity index (χ1) is 10.3. The lowest BCUT2D eigenvalue weighted by Crippen LogP contribution is -2.47. The summed E-state index contributed by atoms with van der Waals surface area (Å²) in [6.07, 6.45) is 3.53. The van der Waals surface area contributed by atoms with E-state index in [-0.39, 0.29) is 17.4 Å². The molecule has 1 saturated heterocycles. The predicted molar refractivity (Wildman–Crippen MR) is 86.3 cm³/mol. The molecule has 1 aliphatic carbocycles. The first-order valence-electron chi connectivity index (χ1n) is 7.69. The molecule has 3 rings (SSSR count). The van der Waals surface area contributed by atoms with E-state index < -0.39 is 10.0 Å². The number of nitrogens with one attached hydrogen (secondary N) is 1. The number of carbonyl (C=O) groups is 1. The molecule has 0 radical (unpaired) electrons. The lowest BCUT2D eigenvalue weighted by molar-refractivity contribution is -0.126. The van der Waals surface area contributed by atoms with Crippen LogP contribution in [0.1, 0.15) is 37.5 Å². The van der Waals surface area contributed by atoms with Gasteiger partial charge < -0.3 is 5.32 Å². The SMILES string of the molecule is Cc1ccc(S(=O)(=O)N2CCCC(C(=O)NC3(C)CC3)C2)s1. The normalized spacial score (nSPS) is 24.9. The molecule has 1 amide bonds. The monoisotopic (exact) mass is 342 g/mol. The van der Waals surface area contributed by atoms with Gasteiger partial charge in [0.05, 0.1) is 5.92 Å². The van der Waals surface area contributed by atoms with E-state index in [4.69, 9.17) is 0 Å². The van der Waals surface area contributed by atoms with Crippen LogP contribution in [0.5, 0.6) is 0 Å². The third-order valence-electron chi connectivity index (χ3n) is 4.49. The molecule has 1 saturated carbocycles. The summed E-state index contributed by atoms with van der Waals surface area (Å²) in [6.45, 7) is 4.73. The van der Waals surface area contributed by atoms with Gasteiger partial charge in [0.25, 0.3) is 10.0 Å². The van der Waals surface area contributed by atoms with Crippen molar-refractivity contribution in [2.75, 3.05) is 13.1 Å². The second-order valence-electron chi connectivity index (χ2n) is 6.62. The van der Waals surface area contributed by atoms with Crippen LogP contribution in [0.25, 0.3) is 0 Å². The zero-order valence-corrected chi connectivity index (χ0v) is 14.6. The van der Waals surface area contributed by atoms with E-state index in [1.807, 2.05) is 19.9 Å². The fraction of sp³-hybridized carbons (Fsp3) is 0.667. The molecule has 1 aromatic rings. The molecular formula is C15H22N2O3S2. The van der Waals surface area contributed by atoms with E-state index in [9.17, 15) is 13.2 Å². The Balaban J connectivity index is 1.71. The van der Waals surface area contributed by atoms with E-state index in [1.54, 1.807) is 6.07 Å². The predicted octanol–water partition coefficient (Wildman–Crippen LogP) is 2.13. The van der Waals surface area contributed by atoms with Gasteiger partial charge in [-0.2, -0.15) is 4.31 Å². The lowest BCUT2D eigenvalue weighted by atomic mass is 9.98. The number of rotatable bonds is 4. The summed E-state index contributed by atoms with van der Waals surface area (Å²) in [5, 5.41) is 3.06. The summed E-state index contributed by atoms with van der Waals surface area (Å²) in [7, 11) is -3.46. The Kier molecular flexibility index (Phi) is 4.07. The first-order valence-corrected chi connectivity index (χ1v) is 9.94. The third kappa shape index (κ3) is 3.21. The molecule has 1 aliphatic heterocycles. The van der Waals surface area contributed by atoms with Crippen molar-refractivity contribution in [3.63, 3.8) is 0 Å². The minimum Gasteiger partial charge on any atom is -0.351 e. The van der Waals surface area contributed by atoms with Crippen molar-refractivity contribution in [2.45, 2.75) is 49.3 Å². The Labute approximate surface area is 135 Å². The zero-order chi connectivity index (χ0) is 16.0. The number of thiophene rings is 1. The van der Waals surface area contributed by atoms with Crippen molar-refractivity contribution in [3.8, 4) is 0 Å². The average Bonchev–Trinajstić information content (AvgIpc) is 3.02. The summed E-state index contributed by atoms with van der Waals surface area (Å²) in [4.78, 5) is 13.3. The smallest absolute Gasteiger partial charge is 0.252 e. The van der Waals surface area contributed by atoms with Crippen LogP contribution in [-0.4, -0.2) is 37.3 Å². The average molecular weight is 342 g/mol. The highest BCUT2D eigenvalue weighted by molar-refractivity contribution is 7.91. The van der Waals surface area contributed by atoms with Crippen molar-refractivity contribution in [3.05, 3.63) is 17.0 Å². The van der Waals surface area contributed by atoms with Gasteiger partial charge in [-0.3, -0.25) is 4.79 Å². The van der Waals surface area contributed by atoms with Gasteiger partial charge in [0.15, 0.2) is 0 Å². The van der Waals surface area contributed by atoms with Gasteiger partial charge in [0, 0.05) is 23.5 Å². The van der Waals surface area contributed by atoms with Gasteiger partial charge in [-0.1, -0.05) is 0 Å². The van der Waals surface area contributed by atoms with Gasteiger partial charge in [0.1, 0.15) is 4.21 Å². The number of hydrogen-bond acceptors (Lipinski definition) is 4. The first kappa shape index (κ1) is 16.0. The Bertz CT molecular complexity index is 677. The molecule has 0 aromatic carbocycles. The number of carbonyl (C=O) groups excluding carboxylic acids is 1. The minimum atomic E-state index is -3.46. The zero-order valence-electron chi connectivity index (χ0n) is 13.0. The van der Waals surface area contributed by atoms with Gasteiger partial charge in [-0.05, 0) is 51.7 Å². The molecule has 1 N–H and O–H groups in total. The number of hydrogen-bond donors (Lipinski definition) is 1. The van der Waals surface area contributed by atoms with Crippen LogP contribution < -0.4 is 5.32 Å². The lowest BCUT2D eigenvalue weighted by Gasteiger charge is -2.31. The minimum absolute atomic E-state index is 0.00209. The molecule has 0 spiro atoms. The molecule has 1 aromatic heterocycles. The van der Waals surface area contributed by atoms with E-state index in [1.165, 1.54) is 15.6 Å². The molecule has 2 heterocycles. The van der Waals surface area contributed by atoms with Gasteiger partial charge in [0.2, 0.25) is 5.91 Å². The maximum Gasteiger partial charge on any atom is 0.252 e. The maximum absolute atomic E-state index is 12.7. The van der Waals surface area contributed by atoms with Gasteiger partial charge >= 0.3 is 0 Å². The molecule has 2 aliphatic rings. The van der Waals surface area contributed by atoms with E-state index in [2.05, 4.69) is 5.32 Å². The topological polar surface area (TPSA) is 66.5 Å². The van der Waals surface area contributed by atoms with Crippen molar-refractivity contribution >= 4 is 27.3 Å². The summed E-state index contributed by atoms with van der Waals surface area (Å²) < 4.78 is 27.2. The van der Waals surface area contributed by atoms with Crippen LogP contribution in [0.3, 0.4) is 0 Å². The Morgan fingerprint density at radius 1 is 1.41 bits per heavy atom. The molecule has 1 atom stereocenters. The van der Waals surface area contributed by atoms with Crippen LogP contribution in [0.15, 0.2) is 16.3 Å². The number of sulfonamides is 1. The van der Waals surface area contributed by atoms with Crippen molar-refractivity contribution in [1.29, 1.82) is 0 Å². The van der Waals surface area contributed by atoms with Crippen LogP contribution in [0.4, 0.5) is 0 Å². The second-order valence-corrected chi connectivity index (χ2v) is 10.1. The Morgan fingerprint density at radius 3 is 2.73 bits per heavy atom. The molecule has 22 heavy (non-hydrogen) atoms. The molecule has 5 nitrogen and oxygen atoms in total. The Hall–Kier alpha value is -0.920. The highest BCUT2D eigenvalue weighted by Crippen LogP contribution is 2.35. The highest BCUT2D eigenvalue weighted by Gasteiger charge is 2.41. The summed E-state index contributed by atoms with van der Waals surface area (Å²) in [5.41, 5.74) is -0.0525. The number of amides is 1. The van der Waals surface area contributed by atoms with Gasteiger partial charge in [-0.25, -0.2) is 8.42 Å². The largest absolute Gasteiger partial charge is 0.351 e.